The van der Waals surface area contributed by atoms with Crippen molar-refractivity contribution in [1.29, 1.82) is 0 Å². The first-order chi connectivity index (χ1) is 8.63. The van der Waals surface area contributed by atoms with Crippen molar-refractivity contribution in [2.45, 2.75) is 6.10 Å². The predicted octanol–water partition coefficient (Wildman–Crippen LogP) is 3.57. The standard InChI is InChI=1S/C14H12ClFO2/c1-18-13-8-9(6-7-11(13)15)14(17)10-4-2-3-5-12(10)16/h2-8,14,17H,1H3. The van der Waals surface area contributed by atoms with Gasteiger partial charge >= 0.3 is 0 Å². The molecule has 0 aromatic heterocycles. The fraction of sp³-hybridized carbons (Fsp3) is 0.143. The van der Waals surface area contributed by atoms with Crippen molar-refractivity contribution in [2.24, 2.45) is 0 Å². The van der Waals surface area contributed by atoms with Gasteiger partial charge in [0.2, 0.25) is 0 Å². The van der Waals surface area contributed by atoms with Gasteiger partial charge in [-0.25, -0.2) is 4.39 Å². The molecule has 2 aromatic rings. The summed E-state index contributed by atoms with van der Waals surface area (Å²) in [4.78, 5) is 0. The molecule has 2 nitrogen and oxygen atoms in total. The molecule has 0 heterocycles. The van der Waals surface area contributed by atoms with Crippen LogP contribution in [0.2, 0.25) is 5.02 Å². The first-order valence-electron chi connectivity index (χ1n) is 5.39. The zero-order valence-corrected chi connectivity index (χ0v) is 10.5. The zero-order chi connectivity index (χ0) is 13.1. The molecule has 0 amide bonds. The van der Waals surface area contributed by atoms with Gasteiger partial charge in [0.25, 0.3) is 0 Å². The van der Waals surface area contributed by atoms with E-state index in [4.69, 9.17) is 16.3 Å². The van der Waals surface area contributed by atoms with Crippen molar-refractivity contribution in [3.63, 3.8) is 0 Å². The maximum atomic E-state index is 13.6. The average Bonchev–Trinajstić information content (AvgIpc) is 2.39. The Labute approximate surface area is 110 Å². The normalized spacial score (nSPS) is 12.2. The quantitative estimate of drug-likeness (QED) is 0.920. The monoisotopic (exact) mass is 266 g/mol. The van der Waals surface area contributed by atoms with E-state index in [0.29, 0.717) is 16.3 Å². The van der Waals surface area contributed by atoms with Gasteiger partial charge in [0.05, 0.1) is 12.1 Å². The lowest BCUT2D eigenvalue weighted by atomic mass is 10.0. The van der Waals surface area contributed by atoms with Gasteiger partial charge in [-0.2, -0.15) is 0 Å². The van der Waals surface area contributed by atoms with Crippen molar-refractivity contribution < 1.29 is 14.2 Å². The largest absolute Gasteiger partial charge is 0.495 e. The average molecular weight is 267 g/mol. The van der Waals surface area contributed by atoms with Crippen LogP contribution in [0.3, 0.4) is 0 Å². The van der Waals surface area contributed by atoms with E-state index in [0.717, 1.165) is 0 Å². The second kappa shape index (κ2) is 5.38. The highest BCUT2D eigenvalue weighted by atomic mass is 35.5. The molecule has 0 aliphatic heterocycles. The molecule has 0 radical (unpaired) electrons. The van der Waals surface area contributed by atoms with Gasteiger partial charge in [-0.05, 0) is 23.8 Å². The summed E-state index contributed by atoms with van der Waals surface area (Å²) in [6, 6.07) is 11.0. The molecule has 94 valence electrons. The molecule has 2 aromatic carbocycles. The minimum absolute atomic E-state index is 0.224. The van der Waals surface area contributed by atoms with Crippen LogP contribution in [0.4, 0.5) is 4.39 Å². The molecule has 0 saturated carbocycles. The number of aliphatic hydroxyl groups is 1. The van der Waals surface area contributed by atoms with Gasteiger partial charge in [0, 0.05) is 5.56 Å². The Hall–Kier alpha value is -1.58. The maximum absolute atomic E-state index is 13.6. The minimum atomic E-state index is -1.04. The summed E-state index contributed by atoms with van der Waals surface area (Å²) in [5, 5.41) is 10.6. The van der Waals surface area contributed by atoms with Crippen LogP contribution in [0.5, 0.6) is 5.75 Å². The molecular formula is C14H12ClFO2. The molecule has 0 spiro atoms. The SMILES string of the molecule is COc1cc(C(O)c2ccccc2F)ccc1Cl. The molecule has 2 rings (SSSR count). The highest BCUT2D eigenvalue weighted by Gasteiger charge is 2.15. The highest BCUT2D eigenvalue weighted by molar-refractivity contribution is 6.32. The summed E-state index contributed by atoms with van der Waals surface area (Å²) >= 11 is 5.90. The van der Waals surface area contributed by atoms with E-state index in [1.54, 1.807) is 36.4 Å². The Morgan fingerprint density at radius 2 is 1.94 bits per heavy atom. The third kappa shape index (κ3) is 2.47. The lowest BCUT2D eigenvalue weighted by molar-refractivity contribution is 0.214. The van der Waals surface area contributed by atoms with E-state index in [1.807, 2.05) is 0 Å². The Kier molecular flexibility index (Phi) is 3.84. The number of aliphatic hydroxyl groups excluding tert-OH is 1. The first-order valence-corrected chi connectivity index (χ1v) is 5.77. The lowest BCUT2D eigenvalue weighted by Crippen LogP contribution is -2.02. The molecule has 1 unspecified atom stereocenters. The Morgan fingerprint density at radius 3 is 2.61 bits per heavy atom. The second-order valence-corrected chi connectivity index (χ2v) is 4.23. The van der Waals surface area contributed by atoms with E-state index in [-0.39, 0.29) is 5.56 Å². The van der Waals surface area contributed by atoms with Crippen LogP contribution in [0.15, 0.2) is 42.5 Å². The fourth-order valence-corrected chi connectivity index (χ4v) is 1.92. The van der Waals surface area contributed by atoms with E-state index in [2.05, 4.69) is 0 Å². The molecule has 0 aliphatic carbocycles. The zero-order valence-electron chi connectivity index (χ0n) is 9.73. The molecule has 4 heteroatoms. The summed E-state index contributed by atoms with van der Waals surface area (Å²) in [6.07, 6.45) is -1.04. The second-order valence-electron chi connectivity index (χ2n) is 3.82. The number of methoxy groups -OCH3 is 1. The number of benzene rings is 2. The van der Waals surface area contributed by atoms with Crippen LogP contribution in [0.25, 0.3) is 0 Å². The molecular weight excluding hydrogens is 255 g/mol. The number of ether oxygens (including phenoxy) is 1. The van der Waals surface area contributed by atoms with Crippen LogP contribution >= 0.6 is 11.6 Å². The van der Waals surface area contributed by atoms with E-state index in [1.165, 1.54) is 13.2 Å². The lowest BCUT2D eigenvalue weighted by Gasteiger charge is -2.14. The molecule has 0 aliphatic rings. The third-order valence-corrected chi connectivity index (χ3v) is 3.00. The fourth-order valence-electron chi connectivity index (χ4n) is 1.72. The number of hydrogen-bond acceptors (Lipinski definition) is 2. The highest BCUT2D eigenvalue weighted by Crippen LogP contribution is 2.31. The third-order valence-electron chi connectivity index (χ3n) is 2.69. The summed E-state index contributed by atoms with van der Waals surface area (Å²) in [5.41, 5.74) is 0.753. The Bertz CT molecular complexity index is 557. The van der Waals surface area contributed by atoms with Crippen LogP contribution in [0.1, 0.15) is 17.2 Å². The Balaban J connectivity index is 2.40. The molecule has 0 saturated heterocycles. The smallest absolute Gasteiger partial charge is 0.137 e. The summed E-state index contributed by atoms with van der Waals surface area (Å²) in [6.45, 7) is 0. The van der Waals surface area contributed by atoms with Gasteiger partial charge in [-0.1, -0.05) is 35.9 Å². The van der Waals surface area contributed by atoms with Crippen LogP contribution < -0.4 is 4.74 Å². The van der Waals surface area contributed by atoms with Gasteiger partial charge in [0.15, 0.2) is 0 Å². The van der Waals surface area contributed by atoms with Gasteiger partial charge in [0.1, 0.15) is 17.7 Å². The van der Waals surface area contributed by atoms with E-state index in [9.17, 15) is 9.50 Å². The topological polar surface area (TPSA) is 29.5 Å². The van der Waals surface area contributed by atoms with Crippen molar-refractivity contribution in [3.05, 3.63) is 64.4 Å². The number of hydrogen-bond donors (Lipinski definition) is 1. The minimum Gasteiger partial charge on any atom is -0.495 e. The van der Waals surface area contributed by atoms with Crippen molar-refractivity contribution in [2.75, 3.05) is 7.11 Å². The number of halogens is 2. The van der Waals surface area contributed by atoms with E-state index < -0.39 is 11.9 Å². The summed E-state index contributed by atoms with van der Waals surface area (Å²) < 4.78 is 18.6. The van der Waals surface area contributed by atoms with Gasteiger partial charge < -0.3 is 9.84 Å². The molecule has 0 fully saturated rings. The van der Waals surface area contributed by atoms with Crippen LogP contribution in [0, 0.1) is 5.82 Å². The molecule has 1 atom stereocenters. The number of rotatable bonds is 3. The van der Waals surface area contributed by atoms with Crippen LogP contribution in [-0.2, 0) is 0 Å². The first kappa shape index (κ1) is 12.9. The van der Waals surface area contributed by atoms with Gasteiger partial charge in [-0.15, -0.1) is 0 Å². The van der Waals surface area contributed by atoms with E-state index >= 15 is 0 Å². The summed E-state index contributed by atoms with van der Waals surface area (Å²) in [5.74, 6) is 0.00322. The van der Waals surface area contributed by atoms with Crippen molar-refractivity contribution in [3.8, 4) is 5.75 Å². The predicted molar refractivity (Wildman–Crippen MR) is 68.5 cm³/mol. The summed E-state index contributed by atoms with van der Waals surface area (Å²) in [7, 11) is 1.49. The molecule has 18 heavy (non-hydrogen) atoms. The van der Waals surface area contributed by atoms with Gasteiger partial charge in [-0.3, -0.25) is 0 Å². The van der Waals surface area contributed by atoms with Crippen LogP contribution in [-0.4, -0.2) is 12.2 Å². The van der Waals surface area contributed by atoms with Crippen molar-refractivity contribution in [1.82, 2.24) is 0 Å². The maximum Gasteiger partial charge on any atom is 0.137 e. The Morgan fingerprint density at radius 1 is 1.22 bits per heavy atom. The van der Waals surface area contributed by atoms with Crippen molar-refractivity contribution >= 4 is 11.6 Å². The molecule has 1 N–H and O–H groups in total. The molecule has 0 bridgehead atoms.